The van der Waals surface area contributed by atoms with Crippen molar-refractivity contribution >= 4 is 17.0 Å². The van der Waals surface area contributed by atoms with Gasteiger partial charge in [-0.15, -0.1) is 0 Å². The first kappa shape index (κ1) is 29.8. The van der Waals surface area contributed by atoms with Crippen molar-refractivity contribution in [3.05, 3.63) is 112 Å². The lowest BCUT2D eigenvalue weighted by Crippen LogP contribution is -2.26. The van der Waals surface area contributed by atoms with Crippen molar-refractivity contribution in [2.24, 2.45) is 0 Å². The number of carboxylic acid groups (broad SMARTS) is 1. The summed E-state index contributed by atoms with van der Waals surface area (Å²) in [6, 6.07) is 16.7. The van der Waals surface area contributed by atoms with E-state index in [9.17, 15) is 14.3 Å². The van der Waals surface area contributed by atoms with Crippen LogP contribution in [0.3, 0.4) is 0 Å². The van der Waals surface area contributed by atoms with Gasteiger partial charge < -0.3 is 23.9 Å². The van der Waals surface area contributed by atoms with Gasteiger partial charge in [0.15, 0.2) is 0 Å². The number of carbonyl (C=O) groups is 1. The molecule has 0 aliphatic carbocycles. The van der Waals surface area contributed by atoms with Crippen LogP contribution in [0.4, 0.5) is 13.2 Å². The maximum absolute atomic E-state index is 15.6. The van der Waals surface area contributed by atoms with Gasteiger partial charge in [-0.2, -0.15) is 5.26 Å². The van der Waals surface area contributed by atoms with Crippen LogP contribution < -0.4 is 4.74 Å². The minimum absolute atomic E-state index is 0.0304. The lowest BCUT2D eigenvalue weighted by atomic mass is 10.0. The Labute approximate surface area is 255 Å². The van der Waals surface area contributed by atoms with Gasteiger partial charge in [-0.3, -0.25) is 0 Å². The van der Waals surface area contributed by atoms with Crippen molar-refractivity contribution in [2.45, 2.75) is 25.2 Å². The average molecular weight is 615 g/mol. The summed E-state index contributed by atoms with van der Waals surface area (Å²) in [5.41, 5.74) is 1.48. The fourth-order valence-electron chi connectivity index (χ4n) is 5.38. The number of hydrogen-bond donors (Lipinski definition) is 1. The fourth-order valence-corrected chi connectivity index (χ4v) is 5.38. The fraction of sp³-hybridized carbons (Fsp3) is 0.212. The molecule has 0 saturated carbocycles. The van der Waals surface area contributed by atoms with Gasteiger partial charge in [0.2, 0.25) is 5.88 Å². The molecular formula is C33H25F3N4O5. The highest BCUT2D eigenvalue weighted by Crippen LogP contribution is 2.32. The zero-order valence-electron chi connectivity index (χ0n) is 23.8. The molecule has 0 amide bonds. The van der Waals surface area contributed by atoms with Crippen LogP contribution in [0.2, 0.25) is 0 Å². The van der Waals surface area contributed by atoms with Gasteiger partial charge in [0.25, 0.3) is 0 Å². The lowest BCUT2D eigenvalue weighted by Gasteiger charge is -2.21. The van der Waals surface area contributed by atoms with Gasteiger partial charge in [0.05, 0.1) is 53.2 Å². The number of pyridine rings is 1. The summed E-state index contributed by atoms with van der Waals surface area (Å²) in [6.07, 6.45) is -0.452. The number of nitrogens with zero attached hydrogens (tertiary/aromatic N) is 4. The Morgan fingerprint density at radius 2 is 1.84 bits per heavy atom. The monoisotopic (exact) mass is 614 g/mol. The number of fused-ring (bicyclic) bond motifs is 1. The first-order valence-electron chi connectivity index (χ1n) is 13.9. The van der Waals surface area contributed by atoms with Gasteiger partial charge in [0, 0.05) is 30.7 Å². The van der Waals surface area contributed by atoms with Crippen molar-refractivity contribution in [2.75, 3.05) is 20.3 Å². The van der Waals surface area contributed by atoms with E-state index in [1.165, 1.54) is 36.4 Å². The second kappa shape index (κ2) is 12.4. The van der Waals surface area contributed by atoms with E-state index in [-0.39, 0.29) is 71.2 Å². The Morgan fingerprint density at radius 3 is 2.60 bits per heavy atom. The molecule has 2 atom stereocenters. The van der Waals surface area contributed by atoms with Crippen LogP contribution >= 0.6 is 0 Å². The molecule has 3 aromatic carbocycles. The second-order valence-electron chi connectivity index (χ2n) is 10.5. The highest BCUT2D eigenvalue weighted by molar-refractivity contribution is 5.92. The second-order valence-corrected chi connectivity index (χ2v) is 10.5. The van der Waals surface area contributed by atoms with E-state index in [1.807, 2.05) is 6.07 Å². The van der Waals surface area contributed by atoms with Gasteiger partial charge in [-0.05, 0) is 54.1 Å². The Kier molecular flexibility index (Phi) is 8.21. The molecule has 5 aromatic rings. The number of aromatic carboxylic acids is 1. The zero-order chi connectivity index (χ0) is 31.7. The van der Waals surface area contributed by atoms with Crippen LogP contribution in [-0.4, -0.2) is 52.0 Å². The first-order chi connectivity index (χ1) is 21.7. The number of hydrogen-bond acceptors (Lipinski definition) is 7. The highest BCUT2D eigenvalue weighted by Gasteiger charge is 2.33. The summed E-state index contributed by atoms with van der Waals surface area (Å²) in [6.45, 7) is 0.398. The molecule has 228 valence electrons. The van der Waals surface area contributed by atoms with Crippen LogP contribution in [0.5, 0.6) is 5.88 Å². The molecule has 9 nitrogen and oxygen atoms in total. The number of methoxy groups -OCH3 is 1. The maximum Gasteiger partial charge on any atom is 0.335 e. The minimum Gasteiger partial charge on any atom is -0.478 e. The third kappa shape index (κ3) is 5.95. The molecule has 1 aliphatic heterocycles. The Hall–Kier alpha value is -5.25. The number of nitriles is 1. The number of benzene rings is 3. The lowest BCUT2D eigenvalue weighted by molar-refractivity contribution is 0.0687. The van der Waals surface area contributed by atoms with Gasteiger partial charge in [-0.1, -0.05) is 12.1 Å². The molecular weight excluding hydrogens is 589 g/mol. The largest absolute Gasteiger partial charge is 0.478 e. The molecule has 1 fully saturated rings. The van der Waals surface area contributed by atoms with Crippen LogP contribution in [0.25, 0.3) is 22.3 Å². The number of imidazole rings is 1. The smallest absolute Gasteiger partial charge is 0.335 e. The minimum atomic E-state index is -1.11. The molecule has 1 N–H and O–H groups in total. The van der Waals surface area contributed by atoms with E-state index in [1.54, 1.807) is 23.8 Å². The Morgan fingerprint density at radius 1 is 1.02 bits per heavy atom. The summed E-state index contributed by atoms with van der Waals surface area (Å²) < 4.78 is 64.0. The van der Waals surface area contributed by atoms with Crippen molar-refractivity contribution in [1.29, 1.82) is 5.26 Å². The molecule has 0 bridgehead atoms. The first-order valence-corrected chi connectivity index (χ1v) is 13.9. The number of halogens is 3. The van der Waals surface area contributed by atoms with Gasteiger partial charge in [-0.25, -0.2) is 27.9 Å². The normalized spacial score (nSPS) is 16.2. The van der Waals surface area contributed by atoms with E-state index in [4.69, 9.17) is 19.5 Å². The number of carboxylic acids is 1. The SMILES string of the molecule is COC1COCC1n1c(Cc2cc(F)c(-c3cccc(OCc4ccc(C#N)cc4F)n3)cc2F)nc2ccc(C(=O)O)cc21. The molecule has 0 spiro atoms. The third-order valence-electron chi connectivity index (χ3n) is 7.69. The van der Waals surface area contributed by atoms with E-state index in [0.717, 1.165) is 18.2 Å². The van der Waals surface area contributed by atoms with Crippen molar-refractivity contribution in [1.82, 2.24) is 14.5 Å². The Bertz CT molecular complexity index is 1970. The zero-order valence-corrected chi connectivity index (χ0v) is 23.8. The summed E-state index contributed by atoms with van der Waals surface area (Å²) in [7, 11) is 1.54. The molecule has 12 heteroatoms. The van der Waals surface area contributed by atoms with Crippen LogP contribution in [0, 0.1) is 28.8 Å². The topological polar surface area (TPSA) is 119 Å². The van der Waals surface area contributed by atoms with Gasteiger partial charge >= 0.3 is 5.97 Å². The standard InChI is InChI=1S/C33H25F3N4O5/c1-43-30-17-44-16-29(30)40-28-11-19(33(41)42)7-8-27(28)38-31(40)12-21-10-25(36)22(13-24(21)35)26-3-2-4-32(39-26)45-15-20-6-5-18(14-37)9-23(20)34/h2-11,13,29-30H,12,15-17H2,1H3,(H,41,42). The van der Waals surface area contributed by atoms with E-state index >= 15 is 8.78 Å². The van der Waals surface area contributed by atoms with Crippen LogP contribution in [0.1, 0.15) is 38.9 Å². The Balaban J connectivity index is 1.29. The molecule has 2 unspecified atom stereocenters. The predicted octanol–water partition coefficient (Wildman–Crippen LogP) is 5.84. The predicted molar refractivity (Wildman–Crippen MR) is 155 cm³/mol. The average Bonchev–Trinajstić information content (AvgIpc) is 3.65. The highest BCUT2D eigenvalue weighted by atomic mass is 19.1. The summed E-state index contributed by atoms with van der Waals surface area (Å²) in [5.74, 6) is -2.69. The van der Waals surface area contributed by atoms with Gasteiger partial charge in [0.1, 0.15) is 36.0 Å². The summed E-state index contributed by atoms with van der Waals surface area (Å²) in [5, 5.41) is 18.5. The molecule has 2 aromatic heterocycles. The third-order valence-corrected chi connectivity index (χ3v) is 7.69. The summed E-state index contributed by atoms with van der Waals surface area (Å²) >= 11 is 0. The number of aromatic nitrogens is 3. The number of rotatable bonds is 9. The number of ether oxygens (including phenoxy) is 3. The molecule has 0 radical (unpaired) electrons. The molecule has 3 heterocycles. The summed E-state index contributed by atoms with van der Waals surface area (Å²) in [4.78, 5) is 20.6. The van der Waals surface area contributed by atoms with E-state index < -0.39 is 23.4 Å². The molecule has 1 saturated heterocycles. The van der Waals surface area contributed by atoms with Crippen LogP contribution in [-0.2, 0) is 22.5 Å². The van der Waals surface area contributed by atoms with E-state index in [2.05, 4.69) is 9.97 Å². The van der Waals surface area contributed by atoms with Crippen LogP contribution in [0.15, 0.2) is 66.7 Å². The van der Waals surface area contributed by atoms with Crippen molar-refractivity contribution < 1.29 is 37.3 Å². The molecule has 1 aliphatic rings. The molecule has 45 heavy (non-hydrogen) atoms. The quantitative estimate of drug-likeness (QED) is 0.220. The van der Waals surface area contributed by atoms with E-state index in [0.29, 0.717) is 23.5 Å². The maximum atomic E-state index is 15.6. The van der Waals surface area contributed by atoms with Crippen molar-refractivity contribution in [3.8, 4) is 23.2 Å². The van der Waals surface area contributed by atoms with Crippen molar-refractivity contribution in [3.63, 3.8) is 0 Å². The molecule has 6 rings (SSSR count).